The van der Waals surface area contributed by atoms with Crippen molar-refractivity contribution in [3.8, 4) is 0 Å². The first kappa shape index (κ1) is 38.1. The van der Waals surface area contributed by atoms with Crippen LogP contribution >= 0.6 is 0 Å². The summed E-state index contributed by atoms with van der Waals surface area (Å²) in [6, 6.07) is 0. The smallest absolute Gasteiger partial charge is 0.305 e. The molecule has 0 spiro atoms. The van der Waals surface area contributed by atoms with Gasteiger partial charge in [0.2, 0.25) is 0 Å². The second-order valence-electron chi connectivity index (χ2n) is 15.1. The first-order valence-corrected chi connectivity index (χ1v) is 22.1. The Morgan fingerprint density at radius 1 is 0.902 bits per heavy atom. The molecule has 0 saturated carbocycles. The Labute approximate surface area is 256 Å². The Bertz CT molecular complexity index is 848. The van der Waals surface area contributed by atoms with Crippen molar-refractivity contribution in [2.24, 2.45) is 5.92 Å². The normalized spacial score (nSPS) is 19.7. The van der Waals surface area contributed by atoms with Crippen molar-refractivity contribution in [3.05, 3.63) is 23.5 Å². The average Bonchev–Trinajstić information content (AvgIpc) is 3.18. The summed E-state index contributed by atoms with van der Waals surface area (Å²) in [4.78, 5) is 11.5. The summed E-state index contributed by atoms with van der Waals surface area (Å²) in [5.74, 6) is 1.19. The molecule has 0 amide bonds. The minimum absolute atomic E-state index is 0.0978. The van der Waals surface area contributed by atoms with Crippen LogP contribution in [0.15, 0.2) is 23.5 Å². The lowest BCUT2D eigenvalue weighted by Gasteiger charge is -2.40. The highest BCUT2D eigenvalue weighted by Crippen LogP contribution is 2.45. The van der Waals surface area contributed by atoms with Crippen LogP contribution in [0, 0.1) is 5.92 Å². The minimum atomic E-state index is -1.98. The van der Waals surface area contributed by atoms with Crippen LogP contribution in [0.25, 0.3) is 0 Å². The van der Waals surface area contributed by atoms with Crippen LogP contribution in [0.1, 0.15) is 119 Å². The van der Waals surface area contributed by atoms with Gasteiger partial charge in [0.1, 0.15) is 0 Å². The molecule has 0 radical (unpaired) electrons. The molecule has 0 aromatic heterocycles. The summed E-state index contributed by atoms with van der Waals surface area (Å²) in [6.45, 7) is 25.6. The largest absolute Gasteiger partial charge is 0.501 e. The van der Waals surface area contributed by atoms with E-state index < -0.39 is 16.6 Å². The van der Waals surface area contributed by atoms with E-state index >= 15 is 0 Å². The Morgan fingerprint density at radius 2 is 1.51 bits per heavy atom. The first-order valence-electron chi connectivity index (χ1n) is 16.3. The molecular weight excluding hydrogens is 545 g/mol. The van der Waals surface area contributed by atoms with E-state index in [4.69, 9.17) is 18.3 Å². The number of esters is 1. The predicted octanol–water partition coefficient (Wildman–Crippen LogP) is 10.3. The van der Waals surface area contributed by atoms with E-state index in [9.17, 15) is 4.79 Å². The zero-order valence-electron chi connectivity index (χ0n) is 29.2. The molecule has 41 heavy (non-hydrogen) atoms. The molecule has 1 aliphatic rings. The Kier molecular flexibility index (Phi) is 15.6. The second-order valence-corrected chi connectivity index (χ2v) is 24.6. The summed E-state index contributed by atoms with van der Waals surface area (Å²) in [6.07, 6.45) is 16.1. The quantitative estimate of drug-likeness (QED) is 0.0669. The fourth-order valence-corrected chi connectivity index (χ4v) is 7.56. The standard InChI is InChI=1S/C34H66O5Si2/c1-14-15-18-21-27(38-40(10,11)33(2,3)4)24-25-29-28(22-19-16-17-20-23-32(35)37-9)30(36-8)26-31(29)39-41(12,13)34(5,6)7/h24-25,27,29,31H,14-23,26H2,1-13H3/b25-24+/t27-,29+,31+/m0/s1. The van der Waals surface area contributed by atoms with Crippen LogP contribution in [0.4, 0.5) is 0 Å². The molecule has 5 nitrogen and oxygen atoms in total. The molecular formula is C34H66O5Si2. The van der Waals surface area contributed by atoms with Crippen LogP contribution in [0.2, 0.25) is 36.3 Å². The molecule has 3 atom stereocenters. The van der Waals surface area contributed by atoms with Crippen LogP contribution in [-0.2, 0) is 23.1 Å². The van der Waals surface area contributed by atoms with Crippen LogP contribution in [-0.4, -0.2) is 49.0 Å². The number of unbranched alkanes of at least 4 members (excludes halogenated alkanes) is 5. The van der Waals surface area contributed by atoms with Gasteiger partial charge in [-0.05, 0) is 67.5 Å². The summed E-state index contributed by atoms with van der Waals surface area (Å²) >= 11 is 0. The lowest BCUT2D eigenvalue weighted by Crippen LogP contribution is -2.45. The van der Waals surface area contributed by atoms with E-state index in [0.717, 1.165) is 50.7 Å². The van der Waals surface area contributed by atoms with Crippen molar-refractivity contribution in [3.63, 3.8) is 0 Å². The van der Waals surface area contributed by atoms with Gasteiger partial charge in [-0.25, -0.2) is 0 Å². The summed E-state index contributed by atoms with van der Waals surface area (Å²) in [5.41, 5.74) is 1.39. The van der Waals surface area contributed by atoms with Gasteiger partial charge in [-0.1, -0.05) is 92.7 Å². The SMILES string of the molecule is CCCCC[C@@H](/C=C/[C@@H]1C(CCCCCCC(=O)OC)=C(OC)C[C@H]1O[Si](C)(C)C(C)(C)C)O[Si](C)(C)C(C)(C)C. The molecule has 0 unspecified atom stereocenters. The third-order valence-electron chi connectivity index (χ3n) is 9.73. The molecule has 0 aromatic rings. The van der Waals surface area contributed by atoms with Crippen molar-refractivity contribution >= 4 is 22.6 Å². The van der Waals surface area contributed by atoms with Crippen LogP contribution in [0.3, 0.4) is 0 Å². The molecule has 0 aliphatic heterocycles. The molecule has 0 aromatic carbocycles. The third kappa shape index (κ3) is 12.3. The van der Waals surface area contributed by atoms with Gasteiger partial charge in [-0.3, -0.25) is 4.79 Å². The van der Waals surface area contributed by atoms with E-state index in [-0.39, 0.29) is 34.2 Å². The van der Waals surface area contributed by atoms with Crippen LogP contribution < -0.4 is 0 Å². The van der Waals surface area contributed by atoms with Crippen molar-refractivity contribution in [2.45, 2.75) is 168 Å². The van der Waals surface area contributed by atoms with Gasteiger partial charge in [0.15, 0.2) is 16.6 Å². The Balaban J connectivity index is 3.24. The zero-order chi connectivity index (χ0) is 31.5. The van der Waals surface area contributed by atoms with E-state index in [1.165, 1.54) is 31.9 Å². The molecule has 0 saturated heterocycles. The average molecular weight is 611 g/mol. The number of rotatable bonds is 18. The highest BCUT2D eigenvalue weighted by molar-refractivity contribution is 6.74. The van der Waals surface area contributed by atoms with Crippen molar-refractivity contribution in [1.82, 2.24) is 0 Å². The number of hydrogen-bond donors (Lipinski definition) is 0. The molecule has 240 valence electrons. The summed E-state index contributed by atoms with van der Waals surface area (Å²) in [7, 11) is -0.613. The monoisotopic (exact) mass is 610 g/mol. The number of methoxy groups -OCH3 is 2. The second kappa shape index (κ2) is 16.8. The van der Waals surface area contributed by atoms with Gasteiger partial charge in [0, 0.05) is 18.8 Å². The maximum atomic E-state index is 11.5. The highest BCUT2D eigenvalue weighted by Gasteiger charge is 2.44. The van der Waals surface area contributed by atoms with Crippen LogP contribution in [0.5, 0.6) is 0 Å². The van der Waals surface area contributed by atoms with Crippen molar-refractivity contribution in [2.75, 3.05) is 14.2 Å². The van der Waals surface area contributed by atoms with E-state index in [0.29, 0.717) is 6.42 Å². The van der Waals surface area contributed by atoms with E-state index in [1.54, 1.807) is 0 Å². The molecule has 7 heteroatoms. The Hall–Kier alpha value is -0.896. The zero-order valence-corrected chi connectivity index (χ0v) is 31.2. The maximum Gasteiger partial charge on any atom is 0.305 e. The number of carbonyl (C=O) groups excluding carboxylic acids is 1. The Morgan fingerprint density at radius 3 is 2.05 bits per heavy atom. The summed E-state index contributed by atoms with van der Waals surface area (Å²) < 4.78 is 24.9. The topological polar surface area (TPSA) is 54.0 Å². The molecule has 0 bridgehead atoms. The van der Waals surface area contributed by atoms with Gasteiger partial charge in [-0.15, -0.1) is 0 Å². The fraction of sp³-hybridized carbons (Fsp3) is 0.853. The van der Waals surface area contributed by atoms with E-state index in [1.807, 2.05) is 7.11 Å². The number of ether oxygens (including phenoxy) is 2. The van der Waals surface area contributed by atoms with Gasteiger partial charge in [-0.2, -0.15) is 0 Å². The fourth-order valence-electron chi connectivity index (χ4n) is 4.91. The lowest BCUT2D eigenvalue weighted by atomic mass is 9.93. The van der Waals surface area contributed by atoms with Gasteiger partial charge < -0.3 is 18.3 Å². The number of carbonyl (C=O) groups is 1. The van der Waals surface area contributed by atoms with E-state index in [2.05, 4.69) is 86.8 Å². The minimum Gasteiger partial charge on any atom is -0.501 e. The molecule has 0 heterocycles. The lowest BCUT2D eigenvalue weighted by molar-refractivity contribution is -0.140. The van der Waals surface area contributed by atoms with Gasteiger partial charge >= 0.3 is 5.97 Å². The molecule has 1 aliphatic carbocycles. The predicted molar refractivity (Wildman–Crippen MR) is 179 cm³/mol. The molecule has 1 rings (SSSR count). The molecule has 0 N–H and O–H groups in total. The summed E-state index contributed by atoms with van der Waals surface area (Å²) in [5, 5.41) is 0.318. The number of hydrogen-bond acceptors (Lipinski definition) is 5. The van der Waals surface area contributed by atoms with Gasteiger partial charge in [0.25, 0.3) is 0 Å². The highest BCUT2D eigenvalue weighted by atomic mass is 28.4. The first-order chi connectivity index (χ1) is 18.9. The van der Waals surface area contributed by atoms with Crippen molar-refractivity contribution < 1.29 is 23.1 Å². The van der Waals surface area contributed by atoms with Crippen molar-refractivity contribution in [1.29, 1.82) is 0 Å². The third-order valence-corrected chi connectivity index (χ3v) is 18.7. The van der Waals surface area contributed by atoms with Gasteiger partial charge in [0.05, 0.1) is 32.2 Å². The maximum absolute atomic E-state index is 11.5. The molecule has 0 fully saturated rings.